The summed E-state index contributed by atoms with van der Waals surface area (Å²) in [6, 6.07) is 12.3. The fourth-order valence-electron chi connectivity index (χ4n) is 2.80. The molecule has 4 nitrogen and oxygen atoms in total. The molecule has 2 aromatic rings. The van der Waals surface area contributed by atoms with Crippen LogP contribution in [0.3, 0.4) is 0 Å². The van der Waals surface area contributed by atoms with E-state index in [9.17, 15) is 4.79 Å². The van der Waals surface area contributed by atoms with Gasteiger partial charge in [-0.1, -0.05) is 48.7 Å². The van der Waals surface area contributed by atoms with E-state index in [2.05, 4.69) is 34.6 Å². The number of aliphatic carboxylic acids is 1. The number of nitrogens with one attached hydrogen (secondary N) is 1. The van der Waals surface area contributed by atoms with E-state index in [0.29, 0.717) is 10.5 Å². The Bertz CT molecular complexity index is 833. The van der Waals surface area contributed by atoms with E-state index < -0.39 is 5.97 Å². The van der Waals surface area contributed by atoms with Crippen LogP contribution in [0.1, 0.15) is 24.3 Å². The summed E-state index contributed by atoms with van der Waals surface area (Å²) in [4.78, 5) is 12.4. The van der Waals surface area contributed by atoms with Gasteiger partial charge in [0.15, 0.2) is 5.17 Å². The number of carboxylic acid groups (broad SMARTS) is 1. The summed E-state index contributed by atoms with van der Waals surface area (Å²) in [5.41, 5.74) is 2.18. The van der Waals surface area contributed by atoms with Gasteiger partial charge >= 0.3 is 5.97 Å². The van der Waals surface area contributed by atoms with Crippen LogP contribution >= 0.6 is 27.7 Å². The molecule has 0 atom stereocenters. The molecule has 2 aromatic carbocycles. The van der Waals surface area contributed by atoms with E-state index in [0.717, 1.165) is 22.8 Å². The van der Waals surface area contributed by atoms with Crippen LogP contribution in [0.2, 0.25) is 0 Å². The summed E-state index contributed by atoms with van der Waals surface area (Å²) in [7, 11) is 0. The number of hydrogen-bond donors (Lipinski definition) is 2. The number of benzene rings is 2. The van der Waals surface area contributed by atoms with Crippen molar-refractivity contribution >= 4 is 55.3 Å². The first-order valence-electron chi connectivity index (χ1n) is 7.58. The number of nitrogens with zero attached hydrogens (tertiary/aromatic N) is 1. The zero-order chi connectivity index (χ0) is 17.3. The minimum atomic E-state index is -0.946. The summed E-state index contributed by atoms with van der Waals surface area (Å²) >= 11 is 4.33. The maximum atomic E-state index is 10.8. The lowest BCUT2D eigenvalue weighted by atomic mass is 9.99. The molecule has 0 spiro atoms. The highest BCUT2D eigenvalue weighted by Gasteiger charge is 2.27. The maximum Gasteiger partial charge on any atom is 0.313 e. The summed E-state index contributed by atoms with van der Waals surface area (Å²) in [6.07, 6.45) is 2.45. The number of fused-ring (bicyclic) bond motifs is 1. The molecule has 2 N–H and O–H groups in total. The second-order valence-electron chi connectivity index (χ2n) is 5.69. The Balaban J connectivity index is 2.05. The van der Waals surface area contributed by atoms with Crippen LogP contribution < -0.4 is 4.90 Å². The van der Waals surface area contributed by atoms with Crippen LogP contribution in [0.15, 0.2) is 47.6 Å². The molecule has 6 heteroatoms. The Hall–Kier alpha value is -1.79. The topological polar surface area (TPSA) is 64.4 Å². The fraction of sp³-hybridized carbons (Fsp3) is 0.222. The average molecular weight is 405 g/mol. The van der Waals surface area contributed by atoms with E-state index >= 15 is 0 Å². The predicted molar refractivity (Wildman–Crippen MR) is 104 cm³/mol. The van der Waals surface area contributed by atoms with E-state index in [1.165, 1.54) is 23.8 Å². The lowest BCUT2D eigenvalue weighted by molar-refractivity contribution is -0.133. The van der Waals surface area contributed by atoms with Gasteiger partial charge in [0.2, 0.25) is 0 Å². The van der Waals surface area contributed by atoms with Crippen LogP contribution in [0.4, 0.5) is 5.69 Å². The molecule has 0 radical (unpaired) electrons. The van der Waals surface area contributed by atoms with Crippen LogP contribution in [-0.4, -0.2) is 22.0 Å². The molecule has 1 saturated carbocycles. The first-order chi connectivity index (χ1) is 11.5. The standard InChI is InChI=1S/C18H17BrN2O2S/c1-11(19)21(18(20)24-10-17(22)23)16-9-8-13(12-6-7-12)14-4-2-3-5-15(14)16/h2-5,8-9,12,20H,1,6-7,10H2,(H,22,23). The van der Waals surface area contributed by atoms with Crippen LogP contribution in [-0.2, 0) is 4.79 Å². The Morgan fingerprint density at radius 2 is 1.96 bits per heavy atom. The molecular formula is C18H17BrN2O2S. The van der Waals surface area contributed by atoms with Crippen LogP contribution in [0.25, 0.3) is 10.8 Å². The Kier molecular flexibility index (Phi) is 4.96. The van der Waals surface area contributed by atoms with Gasteiger partial charge in [0, 0.05) is 5.39 Å². The number of hydrogen-bond acceptors (Lipinski definition) is 3. The van der Waals surface area contributed by atoms with Crippen LogP contribution in [0.5, 0.6) is 0 Å². The summed E-state index contributed by atoms with van der Waals surface area (Å²) in [6.45, 7) is 3.90. The normalized spacial score (nSPS) is 13.7. The van der Waals surface area contributed by atoms with E-state index in [1.54, 1.807) is 4.90 Å². The van der Waals surface area contributed by atoms with Gasteiger partial charge in [-0.25, -0.2) is 0 Å². The SMILES string of the molecule is C=C(Br)N(C(=N)SCC(=O)O)c1ccc(C2CC2)c2ccccc12. The number of anilines is 1. The predicted octanol–water partition coefficient (Wildman–Crippen LogP) is 5.14. The number of halogens is 1. The van der Waals surface area contributed by atoms with E-state index in [4.69, 9.17) is 10.5 Å². The third kappa shape index (κ3) is 3.49. The van der Waals surface area contributed by atoms with Crippen molar-refractivity contribution in [1.82, 2.24) is 0 Å². The first kappa shape index (κ1) is 17.0. The smallest absolute Gasteiger partial charge is 0.313 e. The van der Waals surface area contributed by atoms with Gasteiger partial charge in [0.25, 0.3) is 0 Å². The number of thioether (sulfide) groups is 1. The molecule has 0 saturated heterocycles. The summed E-state index contributed by atoms with van der Waals surface area (Å²) < 4.78 is 0.509. The van der Waals surface area contributed by atoms with E-state index in [1.807, 2.05) is 24.3 Å². The minimum Gasteiger partial charge on any atom is -0.481 e. The molecular weight excluding hydrogens is 388 g/mol. The number of rotatable bonds is 5. The largest absolute Gasteiger partial charge is 0.481 e. The number of carboxylic acids is 1. The third-order valence-corrected chi connectivity index (χ3v) is 5.17. The molecule has 0 amide bonds. The second kappa shape index (κ2) is 6.99. The van der Waals surface area contributed by atoms with Gasteiger partial charge in [0.05, 0.1) is 16.0 Å². The molecule has 0 aliphatic heterocycles. The van der Waals surface area contributed by atoms with Gasteiger partial charge in [0.1, 0.15) is 0 Å². The van der Waals surface area contributed by atoms with Gasteiger partial charge in [-0.05, 0) is 51.7 Å². The molecule has 3 rings (SSSR count). The summed E-state index contributed by atoms with van der Waals surface area (Å²) in [5, 5.41) is 19.5. The molecule has 1 fully saturated rings. The van der Waals surface area contributed by atoms with Gasteiger partial charge in [-0.15, -0.1) is 0 Å². The van der Waals surface area contributed by atoms with Gasteiger partial charge in [-0.2, -0.15) is 0 Å². The highest BCUT2D eigenvalue weighted by atomic mass is 79.9. The zero-order valence-electron chi connectivity index (χ0n) is 13.0. The Morgan fingerprint density at radius 3 is 2.54 bits per heavy atom. The van der Waals surface area contributed by atoms with E-state index in [-0.39, 0.29) is 10.9 Å². The van der Waals surface area contributed by atoms with Crippen LogP contribution in [0, 0.1) is 5.41 Å². The molecule has 0 aromatic heterocycles. The average Bonchev–Trinajstić information content (AvgIpc) is 3.37. The summed E-state index contributed by atoms with van der Waals surface area (Å²) in [5.74, 6) is -0.475. The molecule has 0 heterocycles. The van der Waals surface area contributed by atoms with Crippen molar-refractivity contribution in [1.29, 1.82) is 5.41 Å². The third-order valence-electron chi connectivity index (χ3n) is 3.97. The Labute approximate surface area is 153 Å². The fourth-order valence-corrected chi connectivity index (χ4v) is 3.88. The minimum absolute atomic E-state index is 0.128. The zero-order valence-corrected chi connectivity index (χ0v) is 15.4. The maximum absolute atomic E-state index is 10.8. The lowest BCUT2D eigenvalue weighted by Crippen LogP contribution is -2.25. The molecule has 24 heavy (non-hydrogen) atoms. The molecule has 124 valence electrons. The van der Waals surface area contributed by atoms with Crippen molar-refractivity contribution < 1.29 is 9.90 Å². The highest BCUT2D eigenvalue weighted by molar-refractivity contribution is 9.11. The highest BCUT2D eigenvalue weighted by Crippen LogP contribution is 2.45. The van der Waals surface area contributed by atoms with Crippen molar-refractivity contribution in [2.75, 3.05) is 10.7 Å². The van der Waals surface area contributed by atoms with Gasteiger partial charge < -0.3 is 5.11 Å². The lowest BCUT2D eigenvalue weighted by Gasteiger charge is -2.25. The first-order valence-corrected chi connectivity index (χ1v) is 9.36. The second-order valence-corrected chi connectivity index (χ2v) is 7.57. The van der Waals surface area contributed by atoms with Crippen molar-refractivity contribution in [3.8, 4) is 0 Å². The van der Waals surface area contributed by atoms with Gasteiger partial charge in [-0.3, -0.25) is 15.1 Å². The van der Waals surface area contributed by atoms with Crippen molar-refractivity contribution in [2.24, 2.45) is 0 Å². The van der Waals surface area contributed by atoms with Crippen molar-refractivity contribution in [2.45, 2.75) is 18.8 Å². The molecule has 1 aliphatic rings. The van der Waals surface area contributed by atoms with Crippen molar-refractivity contribution in [3.63, 3.8) is 0 Å². The molecule has 1 aliphatic carbocycles. The number of carbonyl (C=O) groups is 1. The monoisotopic (exact) mass is 404 g/mol. The molecule has 0 bridgehead atoms. The van der Waals surface area contributed by atoms with Crippen molar-refractivity contribution in [3.05, 3.63) is 53.1 Å². The molecule has 0 unspecified atom stereocenters. The Morgan fingerprint density at radius 1 is 1.29 bits per heavy atom. The quantitative estimate of drug-likeness (QED) is 0.411. The number of amidine groups is 1.